The summed E-state index contributed by atoms with van der Waals surface area (Å²) in [6.07, 6.45) is 19.2. The molecule has 2 aliphatic rings. The number of allylic oxidation sites excluding steroid dienone is 4. The van der Waals surface area contributed by atoms with Crippen LogP contribution < -0.4 is 0 Å². The quantitative estimate of drug-likeness (QED) is 0.192. The molecule has 2 saturated carbocycles. The summed E-state index contributed by atoms with van der Waals surface area (Å²) in [4.78, 5) is 10.6. The Kier molecular flexibility index (Phi) is 9.74. The molecule has 182 valence electrons. The third-order valence-corrected chi connectivity index (χ3v) is 7.23. The van der Waals surface area contributed by atoms with E-state index in [0.717, 1.165) is 50.5 Å². The van der Waals surface area contributed by atoms with Crippen LogP contribution in [0.25, 0.3) is 0 Å². The predicted octanol–water partition coefficient (Wildman–Crippen LogP) is 6.07. The van der Waals surface area contributed by atoms with Crippen LogP contribution in [0.4, 0.5) is 0 Å². The summed E-state index contributed by atoms with van der Waals surface area (Å²) >= 11 is 0. The van der Waals surface area contributed by atoms with Gasteiger partial charge in [0.1, 0.15) is 6.61 Å². The van der Waals surface area contributed by atoms with Crippen LogP contribution >= 0.6 is 0 Å². The van der Waals surface area contributed by atoms with E-state index in [-0.39, 0.29) is 17.4 Å². The molecule has 1 aromatic rings. The molecule has 34 heavy (non-hydrogen) atoms. The molecule has 0 aromatic heterocycles. The largest absolute Gasteiger partial charge is 0.480 e. The average molecular weight is 463 g/mol. The summed E-state index contributed by atoms with van der Waals surface area (Å²) in [5, 5.41) is 19.4. The predicted molar refractivity (Wildman–Crippen MR) is 136 cm³/mol. The minimum Gasteiger partial charge on any atom is -0.480 e. The zero-order valence-electron chi connectivity index (χ0n) is 20.3. The minimum atomic E-state index is -0.944. The number of hydrogen-bond acceptors (Lipinski definition) is 3. The summed E-state index contributed by atoms with van der Waals surface area (Å²) in [5.41, 5.74) is 2.43. The fourth-order valence-corrected chi connectivity index (χ4v) is 5.04. The summed E-state index contributed by atoms with van der Waals surface area (Å²) < 4.78 is 5.21. The zero-order valence-corrected chi connectivity index (χ0v) is 20.3. The number of ether oxygens (including phenoxy) is 1. The van der Waals surface area contributed by atoms with Gasteiger partial charge in [0.15, 0.2) is 0 Å². The van der Waals surface area contributed by atoms with E-state index in [1.165, 1.54) is 18.4 Å². The number of benzene rings is 1. The third-order valence-electron chi connectivity index (χ3n) is 7.23. The molecular formula is C30H38O4. The van der Waals surface area contributed by atoms with Crippen molar-refractivity contribution in [3.63, 3.8) is 0 Å². The van der Waals surface area contributed by atoms with Gasteiger partial charge in [-0.1, -0.05) is 85.8 Å². The van der Waals surface area contributed by atoms with Crippen molar-refractivity contribution in [2.45, 2.75) is 70.8 Å². The molecule has 2 fully saturated rings. The zero-order chi connectivity index (χ0) is 24.3. The first-order chi connectivity index (χ1) is 16.4. The Morgan fingerprint density at radius 1 is 1.15 bits per heavy atom. The average Bonchev–Trinajstić information content (AvgIpc) is 2.79. The molecule has 2 N–H and O–H groups in total. The topological polar surface area (TPSA) is 66.8 Å². The van der Waals surface area contributed by atoms with Crippen LogP contribution in [0.1, 0.15) is 70.3 Å². The smallest absolute Gasteiger partial charge is 0.329 e. The second kappa shape index (κ2) is 12.7. The molecule has 2 aliphatic carbocycles. The van der Waals surface area contributed by atoms with Crippen LogP contribution in [0, 0.1) is 22.7 Å². The highest BCUT2D eigenvalue weighted by Crippen LogP contribution is 2.47. The van der Waals surface area contributed by atoms with E-state index in [2.05, 4.69) is 24.8 Å². The van der Waals surface area contributed by atoms with Crippen LogP contribution in [-0.2, 0) is 9.53 Å². The molecular weight excluding hydrogens is 424 g/mol. The van der Waals surface area contributed by atoms with Gasteiger partial charge in [0, 0.05) is 17.4 Å². The minimum absolute atomic E-state index is 0.0532. The number of hydrogen-bond donors (Lipinski definition) is 2. The lowest BCUT2D eigenvalue weighted by Crippen LogP contribution is -2.32. The molecule has 0 bridgehead atoms. The highest BCUT2D eigenvalue weighted by atomic mass is 16.5. The molecule has 0 amide bonds. The van der Waals surface area contributed by atoms with E-state index in [4.69, 9.17) is 9.84 Å². The second-order valence-electron chi connectivity index (χ2n) is 9.98. The first kappa shape index (κ1) is 26.0. The van der Waals surface area contributed by atoms with Crippen LogP contribution in [-0.4, -0.2) is 35.5 Å². The van der Waals surface area contributed by atoms with Gasteiger partial charge in [-0.2, -0.15) is 0 Å². The monoisotopic (exact) mass is 462 g/mol. The number of carbonyl (C=O) groups is 1. The van der Waals surface area contributed by atoms with Gasteiger partial charge < -0.3 is 14.9 Å². The van der Waals surface area contributed by atoms with Gasteiger partial charge in [-0.3, -0.25) is 0 Å². The lowest BCUT2D eigenvalue weighted by Gasteiger charge is -2.41. The van der Waals surface area contributed by atoms with Crippen molar-refractivity contribution in [2.24, 2.45) is 10.8 Å². The molecule has 0 radical (unpaired) electrons. The van der Waals surface area contributed by atoms with E-state index in [9.17, 15) is 9.90 Å². The molecule has 0 saturated heterocycles. The molecule has 0 aliphatic heterocycles. The first-order valence-corrected chi connectivity index (χ1v) is 12.5. The number of aliphatic hydroxyl groups is 1. The Labute approximate surface area is 204 Å². The Hall–Kier alpha value is -2.61. The molecule has 1 aromatic carbocycles. The fraction of sp³-hybridized carbons (Fsp3) is 0.500. The van der Waals surface area contributed by atoms with Crippen LogP contribution in [0.5, 0.6) is 0 Å². The number of rotatable bonds is 10. The number of carboxylic acids is 1. The van der Waals surface area contributed by atoms with Gasteiger partial charge in [-0.05, 0) is 56.1 Å². The Morgan fingerprint density at radius 2 is 1.94 bits per heavy atom. The van der Waals surface area contributed by atoms with Crippen molar-refractivity contribution in [1.29, 1.82) is 0 Å². The van der Waals surface area contributed by atoms with E-state index in [0.29, 0.717) is 6.61 Å². The van der Waals surface area contributed by atoms with Crippen LogP contribution in [0.15, 0.2) is 66.3 Å². The maximum Gasteiger partial charge on any atom is 0.329 e. The second-order valence-corrected chi connectivity index (χ2v) is 9.98. The van der Waals surface area contributed by atoms with Crippen LogP contribution in [0.3, 0.4) is 0 Å². The van der Waals surface area contributed by atoms with Crippen molar-refractivity contribution in [3.05, 3.63) is 71.8 Å². The fourth-order valence-electron chi connectivity index (χ4n) is 5.04. The Morgan fingerprint density at radius 3 is 2.65 bits per heavy atom. The molecule has 4 heteroatoms. The van der Waals surface area contributed by atoms with Crippen molar-refractivity contribution >= 4 is 5.97 Å². The van der Waals surface area contributed by atoms with Crippen molar-refractivity contribution in [1.82, 2.24) is 0 Å². The SMILES string of the molecule is C[C@@]1(/C=C/C=C/[C@@H](O)CC2(CC#Cc3ccccc3)CCC2)CCCC/C1=C\COCC(=O)O. The Balaban J connectivity index is 1.52. The highest BCUT2D eigenvalue weighted by Gasteiger charge is 2.37. The van der Waals surface area contributed by atoms with Crippen molar-refractivity contribution in [3.8, 4) is 11.8 Å². The third kappa shape index (κ3) is 8.01. The Bertz CT molecular complexity index is 943. The lowest BCUT2D eigenvalue weighted by atomic mass is 9.64. The van der Waals surface area contributed by atoms with Gasteiger partial charge in [0.25, 0.3) is 0 Å². The van der Waals surface area contributed by atoms with Gasteiger partial charge in [0.05, 0.1) is 12.7 Å². The molecule has 4 nitrogen and oxygen atoms in total. The molecule has 3 rings (SSSR count). The molecule has 0 spiro atoms. The summed E-state index contributed by atoms with van der Waals surface area (Å²) in [5.74, 6) is 5.66. The van der Waals surface area contributed by atoms with Crippen molar-refractivity contribution < 1.29 is 19.7 Å². The summed E-state index contributed by atoms with van der Waals surface area (Å²) in [6.45, 7) is 2.29. The summed E-state index contributed by atoms with van der Waals surface area (Å²) in [6, 6.07) is 10.1. The van der Waals surface area contributed by atoms with E-state index < -0.39 is 12.1 Å². The standard InChI is InChI=1S/C30H38O4/c1-29(17-7-5-14-26(29)16-22-34-24-28(32)33)18-8-6-15-27(31)23-30(20-10-21-30)19-9-13-25-11-3-2-4-12-25/h2-4,6,8,11-12,15-16,18,27,31H,5,7,10,14,17,19-24H2,1H3,(H,32,33)/b15-6+,18-8+,26-16+/t27-,29+/m1/s1. The van der Waals surface area contributed by atoms with Gasteiger partial charge in [-0.15, -0.1) is 0 Å². The summed E-state index contributed by atoms with van der Waals surface area (Å²) in [7, 11) is 0. The molecule has 2 atom stereocenters. The van der Waals surface area contributed by atoms with E-state index in [1.54, 1.807) is 0 Å². The first-order valence-electron chi connectivity index (χ1n) is 12.5. The number of aliphatic carboxylic acids is 1. The molecule has 0 heterocycles. The van der Waals surface area contributed by atoms with E-state index >= 15 is 0 Å². The number of aliphatic hydroxyl groups excluding tert-OH is 1. The normalized spacial score (nSPS) is 24.0. The van der Waals surface area contributed by atoms with Crippen LogP contribution in [0.2, 0.25) is 0 Å². The van der Waals surface area contributed by atoms with E-state index in [1.807, 2.05) is 54.6 Å². The van der Waals surface area contributed by atoms with Gasteiger partial charge >= 0.3 is 5.97 Å². The van der Waals surface area contributed by atoms with Crippen molar-refractivity contribution in [2.75, 3.05) is 13.2 Å². The maximum atomic E-state index is 10.7. The number of carboxylic acid groups (broad SMARTS) is 1. The molecule has 0 unspecified atom stereocenters. The van der Waals surface area contributed by atoms with Gasteiger partial charge in [-0.25, -0.2) is 4.79 Å². The maximum absolute atomic E-state index is 10.7. The highest BCUT2D eigenvalue weighted by molar-refractivity contribution is 5.68. The lowest BCUT2D eigenvalue weighted by molar-refractivity contribution is -0.141. The van der Waals surface area contributed by atoms with Gasteiger partial charge in [0.2, 0.25) is 0 Å².